The van der Waals surface area contributed by atoms with Crippen LogP contribution in [0.5, 0.6) is 5.75 Å². The molecule has 42 heavy (non-hydrogen) atoms. The number of carbonyl (C=O) groups is 1. The van der Waals surface area contributed by atoms with Crippen LogP contribution in [0.3, 0.4) is 0 Å². The molecule has 0 radical (unpaired) electrons. The molecule has 12 heteroatoms. The molecular weight excluding hydrogens is 581 g/mol. The molecule has 1 atom stereocenters. The number of para-hydroxylation sites is 1. The number of carbonyl (C=O) groups excluding carboxylic acids is 1. The van der Waals surface area contributed by atoms with Gasteiger partial charge in [-0.3, -0.25) is 9.78 Å². The monoisotopic (exact) mass is 615 g/mol. The molecule has 0 bridgehead atoms. The quantitative estimate of drug-likeness (QED) is 0.187. The van der Waals surface area contributed by atoms with Crippen molar-refractivity contribution < 1.29 is 31.6 Å². The van der Waals surface area contributed by atoms with E-state index in [0.29, 0.717) is 33.3 Å². The predicted octanol–water partition coefficient (Wildman–Crippen LogP) is 4.89. The number of benzene rings is 2. The Kier molecular flexibility index (Phi) is 9.61. The average Bonchev–Trinajstić information content (AvgIpc) is 3.36. The first-order valence-electron chi connectivity index (χ1n) is 13.3. The summed E-state index contributed by atoms with van der Waals surface area (Å²) in [5, 5.41) is 0.522. The molecule has 0 saturated heterocycles. The first kappa shape index (κ1) is 31.5. The molecule has 0 aliphatic carbocycles. The number of ether oxygens (including phenoxy) is 2. The molecule has 2 aromatic heterocycles. The molecule has 4 aromatic rings. The minimum absolute atomic E-state index is 0.0173. The van der Waals surface area contributed by atoms with E-state index in [1.54, 1.807) is 49.4 Å². The van der Waals surface area contributed by atoms with Crippen LogP contribution in [0.25, 0.3) is 22.0 Å². The van der Waals surface area contributed by atoms with Gasteiger partial charge in [-0.25, -0.2) is 16.8 Å². The molecule has 0 spiro atoms. The topological polar surface area (TPSA) is 123 Å². The number of fused-ring (bicyclic) bond motifs is 1. The molecule has 0 aliphatic heterocycles. The van der Waals surface area contributed by atoms with Gasteiger partial charge in [-0.2, -0.15) is 0 Å². The van der Waals surface area contributed by atoms with Gasteiger partial charge in [-0.15, -0.1) is 4.72 Å². The van der Waals surface area contributed by atoms with Gasteiger partial charge >= 0.3 is 5.97 Å². The lowest BCUT2D eigenvalue weighted by Gasteiger charge is -2.23. The maximum absolute atomic E-state index is 15.9. The van der Waals surface area contributed by atoms with E-state index in [9.17, 15) is 17.8 Å². The van der Waals surface area contributed by atoms with Crippen LogP contribution < -0.4 is 9.46 Å². The summed E-state index contributed by atoms with van der Waals surface area (Å²) < 4.78 is 68.1. The van der Waals surface area contributed by atoms with Crippen molar-refractivity contribution in [2.75, 3.05) is 12.9 Å². The highest BCUT2D eigenvalue weighted by Crippen LogP contribution is 2.34. The van der Waals surface area contributed by atoms with Gasteiger partial charge in [0.15, 0.2) is 5.82 Å². The summed E-state index contributed by atoms with van der Waals surface area (Å²) >= 11 is -1.43. The Bertz CT molecular complexity index is 1700. The summed E-state index contributed by atoms with van der Waals surface area (Å²) in [6.07, 6.45) is 4.01. The highest BCUT2D eigenvalue weighted by molar-refractivity contribution is 7.90. The second-order valence-corrected chi connectivity index (χ2v) is 14.6. The Balaban J connectivity index is 1.74. The standard InChI is InChI=1S/C30H34FN3O6S2/c1-6-39-28(35)17-21-9-7-8-10-27(21)40-19-20-15-24(22-12-14-34(26(22)16-20)42(5,37)38)23-11-13-32-25(29(23)31)18-33-41(36)30(2,3)4/h7-16,33H,6,17-19H2,1-5H3/t41-/m0/s1. The van der Waals surface area contributed by atoms with Crippen LogP contribution in [-0.4, -0.2) is 45.5 Å². The third-order valence-electron chi connectivity index (χ3n) is 6.37. The number of hydrogen-bond acceptors (Lipinski definition) is 8. The van der Waals surface area contributed by atoms with Crippen molar-refractivity contribution in [3.05, 3.63) is 83.6 Å². The molecule has 0 fully saturated rings. The van der Waals surface area contributed by atoms with Gasteiger partial charge in [0.2, 0.25) is 10.0 Å². The van der Waals surface area contributed by atoms with E-state index < -0.39 is 31.9 Å². The van der Waals surface area contributed by atoms with Gasteiger partial charge in [0.1, 0.15) is 17.1 Å². The van der Waals surface area contributed by atoms with E-state index in [1.807, 2.05) is 20.8 Å². The summed E-state index contributed by atoms with van der Waals surface area (Å²) in [4.78, 5) is 16.2. The van der Waals surface area contributed by atoms with Crippen LogP contribution in [-0.2, 0) is 50.5 Å². The summed E-state index contributed by atoms with van der Waals surface area (Å²) in [5.41, 5.74) is 2.32. The van der Waals surface area contributed by atoms with Crippen molar-refractivity contribution in [3.63, 3.8) is 0 Å². The van der Waals surface area contributed by atoms with Crippen LogP contribution in [0.1, 0.15) is 44.5 Å². The van der Waals surface area contributed by atoms with Gasteiger partial charge in [0.25, 0.3) is 0 Å². The van der Waals surface area contributed by atoms with Crippen LogP contribution in [0.15, 0.2) is 60.9 Å². The Morgan fingerprint density at radius 1 is 1.14 bits per heavy atom. The Morgan fingerprint density at radius 2 is 1.88 bits per heavy atom. The van der Waals surface area contributed by atoms with E-state index in [1.165, 1.54) is 18.5 Å². The molecule has 2 aromatic carbocycles. The van der Waals surface area contributed by atoms with Gasteiger partial charge in [-0.05, 0) is 69.2 Å². The summed E-state index contributed by atoms with van der Waals surface area (Å²) in [6.45, 7) is 7.38. The Labute approximate surface area is 248 Å². The number of rotatable bonds is 11. The van der Waals surface area contributed by atoms with E-state index in [2.05, 4.69) is 9.71 Å². The fourth-order valence-electron chi connectivity index (χ4n) is 4.36. The minimum Gasteiger partial charge on any atom is -0.598 e. The zero-order chi connectivity index (χ0) is 30.7. The van der Waals surface area contributed by atoms with Crippen LogP contribution in [0.4, 0.5) is 4.39 Å². The zero-order valence-corrected chi connectivity index (χ0v) is 25.8. The smallest absolute Gasteiger partial charge is 0.310 e. The van der Waals surface area contributed by atoms with E-state index >= 15 is 4.39 Å². The highest BCUT2D eigenvalue weighted by atomic mass is 32.2. The summed E-state index contributed by atoms with van der Waals surface area (Å²) in [5.74, 6) is -0.517. The third kappa shape index (κ3) is 7.30. The molecule has 0 aliphatic rings. The van der Waals surface area contributed by atoms with E-state index in [4.69, 9.17) is 9.47 Å². The largest absolute Gasteiger partial charge is 0.598 e. The molecule has 0 amide bonds. The van der Waals surface area contributed by atoms with Crippen molar-refractivity contribution in [2.45, 2.75) is 52.0 Å². The Hall–Kier alpha value is -3.45. The Morgan fingerprint density at radius 3 is 2.57 bits per heavy atom. The predicted molar refractivity (Wildman–Crippen MR) is 161 cm³/mol. The minimum atomic E-state index is -3.67. The molecule has 4 rings (SSSR count). The lowest BCUT2D eigenvalue weighted by Crippen LogP contribution is -2.39. The van der Waals surface area contributed by atoms with Gasteiger partial charge in [0.05, 0.1) is 37.0 Å². The van der Waals surface area contributed by atoms with Gasteiger partial charge in [0, 0.05) is 40.3 Å². The van der Waals surface area contributed by atoms with Crippen molar-refractivity contribution in [2.24, 2.45) is 0 Å². The average molecular weight is 616 g/mol. The van der Waals surface area contributed by atoms with Gasteiger partial charge < -0.3 is 14.0 Å². The molecule has 2 heterocycles. The first-order valence-corrected chi connectivity index (χ1v) is 16.3. The van der Waals surface area contributed by atoms with Crippen LogP contribution in [0.2, 0.25) is 0 Å². The van der Waals surface area contributed by atoms with Crippen molar-refractivity contribution >= 4 is 38.3 Å². The number of pyridine rings is 1. The number of nitrogens with zero attached hydrogens (tertiary/aromatic N) is 2. The van der Waals surface area contributed by atoms with Crippen molar-refractivity contribution in [3.8, 4) is 16.9 Å². The molecule has 224 valence electrons. The number of hydrogen-bond donors (Lipinski definition) is 1. The summed E-state index contributed by atoms with van der Waals surface area (Å²) in [7, 11) is -3.67. The summed E-state index contributed by atoms with van der Waals surface area (Å²) in [6, 6.07) is 13.6. The molecule has 0 saturated carbocycles. The SMILES string of the molecule is CCOC(=O)Cc1ccccc1OCc1cc(-c2ccnc(CN[S@@+]([O-])C(C)(C)C)c2F)c2ccn(S(C)(=O)=O)c2c1. The van der Waals surface area contributed by atoms with Crippen LogP contribution >= 0.6 is 0 Å². The van der Waals surface area contributed by atoms with Crippen LogP contribution in [0, 0.1) is 5.82 Å². The van der Waals surface area contributed by atoms with Crippen molar-refractivity contribution in [1.82, 2.24) is 13.7 Å². The van der Waals surface area contributed by atoms with Gasteiger partial charge in [-0.1, -0.05) is 18.2 Å². The second-order valence-electron chi connectivity index (χ2n) is 10.7. The number of nitrogens with one attached hydrogen (secondary N) is 1. The number of halogens is 1. The second kappa shape index (κ2) is 12.8. The first-order chi connectivity index (χ1) is 19.8. The molecular formula is C30H34FN3O6S2. The number of esters is 1. The van der Waals surface area contributed by atoms with E-state index in [0.717, 1.165) is 10.2 Å². The fourth-order valence-corrected chi connectivity index (χ4v) is 5.85. The lowest BCUT2D eigenvalue weighted by atomic mass is 9.98. The lowest BCUT2D eigenvalue weighted by molar-refractivity contribution is -0.142. The zero-order valence-electron chi connectivity index (χ0n) is 24.1. The number of aromatic nitrogens is 2. The normalized spacial score (nSPS) is 12.8. The van der Waals surface area contributed by atoms with Crippen molar-refractivity contribution in [1.29, 1.82) is 0 Å². The molecule has 9 nitrogen and oxygen atoms in total. The highest BCUT2D eigenvalue weighted by Gasteiger charge is 2.27. The van der Waals surface area contributed by atoms with E-state index in [-0.39, 0.29) is 43.4 Å². The maximum atomic E-state index is 15.9. The fraction of sp³-hybridized carbons (Fsp3) is 0.333. The third-order valence-corrected chi connectivity index (χ3v) is 8.93. The molecule has 1 N–H and O–H groups in total. The maximum Gasteiger partial charge on any atom is 0.310 e. The molecule has 0 unspecified atom stereocenters.